The number of aromatic nitrogens is 4. The Bertz CT molecular complexity index is 990. The molecule has 0 amide bonds. The van der Waals surface area contributed by atoms with Crippen LogP contribution in [0.4, 0.5) is 0 Å². The Morgan fingerprint density at radius 1 is 1.11 bits per heavy atom. The van der Waals surface area contributed by atoms with Crippen LogP contribution in [0.15, 0.2) is 0 Å². The molecule has 35 heavy (non-hydrogen) atoms. The van der Waals surface area contributed by atoms with Crippen molar-refractivity contribution in [3.05, 3.63) is 5.82 Å². The van der Waals surface area contributed by atoms with Crippen molar-refractivity contribution in [3.63, 3.8) is 0 Å². The van der Waals surface area contributed by atoms with E-state index >= 15 is 0 Å². The van der Waals surface area contributed by atoms with E-state index in [1.54, 1.807) is 7.11 Å². The molecule has 1 aromatic rings. The van der Waals surface area contributed by atoms with Crippen LogP contribution in [-0.4, -0.2) is 52.9 Å². The average Bonchev–Trinajstić information content (AvgIpc) is 3.44. The van der Waals surface area contributed by atoms with Crippen molar-refractivity contribution in [3.8, 4) is 0 Å². The van der Waals surface area contributed by atoms with Gasteiger partial charge in [-0.2, -0.15) is 13.6 Å². The number of tetrazole rings is 1. The van der Waals surface area contributed by atoms with E-state index in [4.69, 9.17) is 8.92 Å². The number of aryl methyl sites for hydroxylation is 1. The third-order valence-corrected chi connectivity index (χ3v) is 11.7. The smallest absolute Gasteiger partial charge is 0.381 e. The molecule has 0 spiro atoms. The number of ether oxygens (including phenoxy) is 1. The summed E-state index contributed by atoms with van der Waals surface area (Å²) in [6, 6.07) is 0. The van der Waals surface area contributed by atoms with Crippen molar-refractivity contribution in [2.24, 2.45) is 46.3 Å². The number of nitrogens with one attached hydrogen (secondary N) is 1. The maximum absolute atomic E-state index is 12.0. The highest BCUT2D eigenvalue weighted by molar-refractivity contribution is 7.80. The SMILES string of the molecule is CO[C@@H]1CC[C@@]2(C)[C@H](CC(OS(=O)(=O)O)[C@@H]3[C@@H]2CC[C@]2(C)[C@@H]([C@H](C)CCc4nn[nH]n4)CC[C@@H]32)C1. The number of rotatable bonds is 7. The maximum Gasteiger partial charge on any atom is 0.397 e. The van der Waals surface area contributed by atoms with Gasteiger partial charge in [-0.25, -0.2) is 4.18 Å². The molecular formula is C25H42N4O5S. The first-order chi connectivity index (χ1) is 16.5. The first-order valence-corrected chi connectivity index (χ1v) is 14.8. The molecule has 198 valence electrons. The normalized spacial score (nSPS) is 44.3. The Hall–Kier alpha value is -1.10. The Labute approximate surface area is 209 Å². The lowest BCUT2D eigenvalue weighted by atomic mass is 9.43. The Kier molecular flexibility index (Phi) is 6.81. The van der Waals surface area contributed by atoms with Gasteiger partial charge in [0.1, 0.15) is 0 Å². The second-order valence-corrected chi connectivity index (χ2v) is 13.5. The molecule has 1 aromatic heterocycles. The molecule has 0 bridgehead atoms. The minimum atomic E-state index is -4.52. The van der Waals surface area contributed by atoms with Crippen molar-refractivity contribution in [1.29, 1.82) is 0 Å². The first-order valence-electron chi connectivity index (χ1n) is 13.5. The van der Waals surface area contributed by atoms with Gasteiger partial charge in [0.05, 0.1) is 12.2 Å². The second-order valence-electron chi connectivity index (χ2n) is 12.5. The fourth-order valence-electron chi connectivity index (χ4n) is 9.45. The monoisotopic (exact) mass is 510 g/mol. The third-order valence-electron chi connectivity index (χ3n) is 11.2. The molecule has 0 aromatic carbocycles. The number of aromatic amines is 1. The van der Waals surface area contributed by atoms with E-state index in [0.29, 0.717) is 36.0 Å². The minimum absolute atomic E-state index is 0.144. The van der Waals surface area contributed by atoms with Crippen LogP contribution in [0.1, 0.15) is 84.4 Å². The molecule has 4 aliphatic rings. The maximum atomic E-state index is 12.0. The van der Waals surface area contributed by atoms with Crippen LogP contribution in [0.25, 0.3) is 0 Å². The van der Waals surface area contributed by atoms with Gasteiger partial charge in [0, 0.05) is 13.5 Å². The molecule has 10 heteroatoms. The third kappa shape index (κ3) is 4.57. The molecule has 10 atom stereocenters. The van der Waals surface area contributed by atoms with Gasteiger partial charge in [-0.3, -0.25) is 4.55 Å². The molecule has 4 saturated carbocycles. The van der Waals surface area contributed by atoms with E-state index in [1.807, 2.05) is 0 Å². The molecule has 9 nitrogen and oxygen atoms in total. The van der Waals surface area contributed by atoms with Gasteiger partial charge in [-0.15, -0.1) is 10.2 Å². The molecule has 0 radical (unpaired) electrons. The van der Waals surface area contributed by atoms with E-state index in [9.17, 15) is 13.0 Å². The van der Waals surface area contributed by atoms with Gasteiger partial charge < -0.3 is 4.74 Å². The number of H-pyrrole nitrogens is 1. The van der Waals surface area contributed by atoms with Crippen molar-refractivity contribution in [2.75, 3.05) is 7.11 Å². The molecular weight excluding hydrogens is 468 g/mol. The van der Waals surface area contributed by atoms with Crippen LogP contribution in [0, 0.1) is 46.3 Å². The molecule has 2 N–H and O–H groups in total. The zero-order chi connectivity index (χ0) is 25.0. The standard InChI is InChI=1S/C25H42N4O5S/c1-15(5-8-22-26-28-29-27-22)18-6-7-19-23-20(10-12-25(18,19)3)24(2)11-9-17(33-4)13-16(24)14-21(23)34-35(30,31)32/h15-21,23H,5-14H2,1-4H3,(H,30,31,32)(H,26,27,28,29)/t15-,16+,17-,18-,19+,20+,21?,23+,24+,25-/m1/s1. The summed E-state index contributed by atoms with van der Waals surface area (Å²) in [5.41, 5.74) is 0.314. The number of methoxy groups -OCH3 is 1. The Balaban J connectivity index is 1.40. The molecule has 0 aliphatic heterocycles. The largest absolute Gasteiger partial charge is 0.397 e. The first kappa shape index (κ1) is 25.5. The highest BCUT2D eigenvalue weighted by atomic mass is 32.3. The van der Waals surface area contributed by atoms with Crippen molar-refractivity contribution < 1.29 is 21.9 Å². The Morgan fingerprint density at radius 3 is 2.54 bits per heavy atom. The molecule has 5 rings (SSSR count). The molecule has 4 aliphatic carbocycles. The molecule has 1 heterocycles. The number of hydrogen-bond donors (Lipinski definition) is 2. The Morgan fingerprint density at radius 2 is 1.86 bits per heavy atom. The number of nitrogens with zero attached hydrogens (tertiary/aromatic N) is 3. The summed E-state index contributed by atoms with van der Waals surface area (Å²) in [6.07, 6.45) is 9.93. The lowest BCUT2D eigenvalue weighted by molar-refractivity contribution is -0.170. The molecule has 1 unspecified atom stereocenters. The zero-order valence-corrected chi connectivity index (χ0v) is 22.3. The van der Waals surface area contributed by atoms with Crippen molar-refractivity contribution in [1.82, 2.24) is 20.6 Å². The summed E-state index contributed by atoms with van der Waals surface area (Å²) < 4.78 is 44.9. The second kappa shape index (κ2) is 9.33. The summed E-state index contributed by atoms with van der Waals surface area (Å²) in [6.45, 7) is 7.23. The van der Waals surface area contributed by atoms with E-state index in [1.165, 1.54) is 6.42 Å². The van der Waals surface area contributed by atoms with Gasteiger partial charge in [0.15, 0.2) is 5.82 Å². The topological polar surface area (TPSA) is 127 Å². The van der Waals surface area contributed by atoms with Gasteiger partial charge in [-0.05, 0) is 104 Å². The van der Waals surface area contributed by atoms with E-state index in [0.717, 1.165) is 57.2 Å². The van der Waals surface area contributed by atoms with E-state index in [2.05, 4.69) is 41.4 Å². The van der Waals surface area contributed by atoms with Crippen LogP contribution in [0.2, 0.25) is 0 Å². The number of fused-ring (bicyclic) bond motifs is 5. The van der Waals surface area contributed by atoms with Gasteiger partial charge in [0.2, 0.25) is 0 Å². The quantitative estimate of drug-likeness (QED) is 0.522. The summed E-state index contributed by atoms with van der Waals surface area (Å²) in [4.78, 5) is 0. The predicted molar refractivity (Wildman–Crippen MR) is 129 cm³/mol. The van der Waals surface area contributed by atoms with E-state index in [-0.39, 0.29) is 22.9 Å². The van der Waals surface area contributed by atoms with Gasteiger partial charge in [0.25, 0.3) is 0 Å². The predicted octanol–water partition coefficient (Wildman–Crippen LogP) is 4.24. The van der Waals surface area contributed by atoms with Crippen molar-refractivity contribution in [2.45, 2.75) is 97.2 Å². The lowest BCUT2D eigenvalue weighted by Gasteiger charge is -2.62. The fraction of sp³-hybridized carbons (Fsp3) is 0.960. The van der Waals surface area contributed by atoms with Crippen LogP contribution in [0.3, 0.4) is 0 Å². The summed E-state index contributed by atoms with van der Waals surface area (Å²) in [5.74, 6) is 3.18. The minimum Gasteiger partial charge on any atom is -0.381 e. The fourth-order valence-corrected chi connectivity index (χ4v) is 9.97. The van der Waals surface area contributed by atoms with E-state index < -0.39 is 16.5 Å². The van der Waals surface area contributed by atoms with Crippen LogP contribution in [0.5, 0.6) is 0 Å². The lowest BCUT2D eigenvalue weighted by Crippen LogP contribution is -2.59. The number of hydrogen-bond acceptors (Lipinski definition) is 7. The summed E-state index contributed by atoms with van der Waals surface area (Å²) in [7, 11) is -2.74. The van der Waals surface area contributed by atoms with Crippen molar-refractivity contribution >= 4 is 10.4 Å². The highest BCUT2D eigenvalue weighted by Crippen LogP contribution is 2.68. The van der Waals surface area contributed by atoms with Crippen LogP contribution < -0.4 is 0 Å². The average molecular weight is 511 g/mol. The molecule has 0 saturated heterocycles. The highest BCUT2D eigenvalue weighted by Gasteiger charge is 2.63. The molecule has 4 fully saturated rings. The van der Waals surface area contributed by atoms with Crippen LogP contribution >= 0.6 is 0 Å². The van der Waals surface area contributed by atoms with Crippen LogP contribution in [-0.2, 0) is 25.7 Å². The summed E-state index contributed by atoms with van der Waals surface area (Å²) >= 11 is 0. The summed E-state index contributed by atoms with van der Waals surface area (Å²) in [5, 5.41) is 14.5. The van der Waals surface area contributed by atoms with Gasteiger partial charge >= 0.3 is 10.4 Å². The van der Waals surface area contributed by atoms with Gasteiger partial charge in [-0.1, -0.05) is 26.0 Å². The zero-order valence-electron chi connectivity index (χ0n) is 21.5.